The number of aryl methyl sites for hydroxylation is 2. The van der Waals surface area contributed by atoms with Crippen LogP contribution in [0.25, 0.3) is 0 Å². The summed E-state index contributed by atoms with van der Waals surface area (Å²) in [7, 11) is 0. The normalized spacial score (nSPS) is 15.2. The molecule has 0 amide bonds. The highest BCUT2D eigenvalue weighted by molar-refractivity contribution is 6.17. The number of piperidine rings is 1. The van der Waals surface area contributed by atoms with Gasteiger partial charge in [0, 0.05) is 17.7 Å². The number of nitrogens with zero attached hydrogens (tertiary/aromatic N) is 1. The highest BCUT2D eigenvalue weighted by Crippen LogP contribution is 2.22. The summed E-state index contributed by atoms with van der Waals surface area (Å²) in [6, 6.07) is 15.1. The first kappa shape index (κ1) is 18.5. The van der Waals surface area contributed by atoms with Gasteiger partial charge in [0.05, 0.1) is 5.92 Å². The fraction of sp³-hybridized carbons (Fsp3) is 0.391. The minimum atomic E-state index is -0.643. The number of benzene rings is 2. The second-order valence-electron chi connectivity index (χ2n) is 7.27. The molecule has 1 fully saturated rings. The van der Waals surface area contributed by atoms with E-state index in [1.54, 1.807) is 0 Å². The van der Waals surface area contributed by atoms with Crippen molar-refractivity contribution in [2.45, 2.75) is 33.1 Å². The number of carbonyl (C=O) groups excluding carboxylic acids is 2. The zero-order chi connectivity index (χ0) is 18.5. The van der Waals surface area contributed by atoms with Gasteiger partial charge in [-0.15, -0.1) is 0 Å². The number of likely N-dealkylation sites (tertiary alicyclic amines) is 1. The van der Waals surface area contributed by atoms with Gasteiger partial charge in [-0.2, -0.15) is 0 Å². The quantitative estimate of drug-likeness (QED) is 0.570. The molecule has 0 atom stereocenters. The maximum absolute atomic E-state index is 13.3. The van der Waals surface area contributed by atoms with Gasteiger partial charge in [-0.25, -0.2) is 0 Å². The predicted octanol–water partition coefficient (Wildman–Crippen LogP) is 4.47. The Hall–Kier alpha value is -2.26. The summed E-state index contributed by atoms with van der Waals surface area (Å²) in [4.78, 5) is 28.9. The van der Waals surface area contributed by atoms with Gasteiger partial charge in [0.1, 0.15) is 0 Å². The minimum Gasteiger partial charge on any atom is -0.302 e. The second kappa shape index (κ2) is 8.41. The Bertz CT molecular complexity index is 733. The summed E-state index contributed by atoms with van der Waals surface area (Å²) < 4.78 is 0. The monoisotopic (exact) mass is 349 g/mol. The molecule has 3 nitrogen and oxygen atoms in total. The molecule has 26 heavy (non-hydrogen) atoms. The van der Waals surface area contributed by atoms with Crippen molar-refractivity contribution >= 4 is 11.6 Å². The van der Waals surface area contributed by atoms with Crippen LogP contribution in [0.2, 0.25) is 0 Å². The molecule has 1 saturated heterocycles. The molecule has 1 heterocycles. The molecule has 0 unspecified atom stereocenters. The first-order chi connectivity index (χ1) is 12.6. The molecule has 0 bridgehead atoms. The van der Waals surface area contributed by atoms with Crippen molar-refractivity contribution in [3.8, 4) is 0 Å². The van der Waals surface area contributed by atoms with Crippen molar-refractivity contribution in [1.82, 2.24) is 4.90 Å². The Labute approximate surface area is 156 Å². The van der Waals surface area contributed by atoms with Crippen LogP contribution in [-0.2, 0) is 0 Å². The van der Waals surface area contributed by atoms with Crippen molar-refractivity contribution < 1.29 is 9.59 Å². The zero-order valence-electron chi connectivity index (χ0n) is 15.7. The van der Waals surface area contributed by atoms with E-state index in [2.05, 4.69) is 4.90 Å². The Morgan fingerprint density at radius 1 is 0.808 bits per heavy atom. The molecule has 136 valence electrons. The van der Waals surface area contributed by atoms with Crippen molar-refractivity contribution in [3.63, 3.8) is 0 Å². The third-order valence-electron chi connectivity index (χ3n) is 5.34. The lowest BCUT2D eigenvalue weighted by molar-refractivity contribution is 0.0750. The molecule has 3 heteroatoms. The molecule has 0 radical (unpaired) electrons. The van der Waals surface area contributed by atoms with E-state index >= 15 is 0 Å². The van der Waals surface area contributed by atoms with Crippen LogP contribution in [0.3, 0.4) is 0 Å². The Balaban J connectivity index is 1.93. The van der Waals surface area contributed by atoms with E-state index in [0.29, 0.717) is 17.7 Å². The van der Waals surface area contributed by atoms with Crippen LogP contribution in [0, 0.1) is 19.8 Å². The Morgan fingerprint density at radius 2 is 1.27 bits per heavy atom. The van der Waals surface area contributed by atoms with E-state index in [4.69, 9.17) is 0 Å². The highest BCUT2D eigenvalue weighted by Gasteiger charge is 2.32. The SMILES string of the molecule is Cc1ccccc1C(=O)C(CN1CCCCC1)C(=O)c1ccccc1C. The van der Waals surface area contributed by atoms with Crippen LogP contribution in [0.15, 0.2) is 48.5 Å². The van der Waals surface area contributed by atoms with Crippen LogP contribution in [0.5, 0.6) is 0 Å². The maximum Gasteiger partial charge on any atom is 0.175 e. The standard InChI is InChI=1S/C23H27NO2/c1-17-10-4-6-12-19(17)22(25)21(16-24-14-8-3-9-15-24)23(26)20-13-7-5-11-18(20)2/h4-7,10-13,21H,3,8-9,14-16H2,1-2H3. The number of carbonyl (C=O) groups is 2. The molecule has 2 aromatic carbocycles. The third kappa shape index (κ3) is 4.10. The minimum absolute atomic E-state index is 0.0538. The largest absolute Gasteiger partial charge is 0.302 e. The van der Waals surface area contributed by atoms with E-state index < -0.39 is 5.92 Å². The van der Waals surface area contributed by atoms with Crippen molar-refractivity contribution in [2.75, 3.05) is 19.6 Å². The van der Waals surface area contributed by atoms with Crippen LogP contribution < -0.4 is 0 Å². The van der Waals surface area contributed by atoms with E-state index in [0.717, 1.165) is 37.1 Å². The summed E-state index contributed by atoms with van der Waals surface area (Å²) in [6.07, 6.45) is 3.52. The maximum atomic E-state index is 13.3. The lowest BCUT2D eigenvalue weighted by Crippen LogP contribution is -2.40. The number of hydrogen-bond acceptors (Lipinski definition) is 3. The summed E-state index contributed by atoms with van der Waals surface area (Å²) >= 11 is 0. The number of ketones is 2. The van der Waals surface area contributed by atoms with E-state index in [1.165, 1.54) is 6.42 Å². The van der Waals surface area contributed by atoms with Gasteiger partial charge in [-0.05, 0) is 50.9 Å². The molecule has 1 aliphatic rings. The van der Waals surface area contributed by atoms with Gasteiger partial charge < -0.3 is 4.90 Å². The lowest BCUT2D eigenvalue weighted by Gasteiger charge is -2.29. The Morgan fingerprint density at radius 3 is 1.73 bits per heavy atom. The van der Waals surface area contributed by atoms with Gasteiger partial charge in [0.2, 0.25) is 0 Å². The van der Waals surface area contributed by atoms with E-state index in [1.807, 2.05) is 62.4 Å². The number of hydrogen-bond donors (Lipinski definition) is 0. The molecule has 0 N–H and O–H groups in total. The molecular weight excluding hydrogens is 322 g/mol. The number of rotatable bonds is 6. The molecular formula is C23H27NO2. The molecule has 0 saturated carbocycles. The van der Waals surface area contributed by atoms with Crippen molar-refractivity contribution in [1.29, 1.82) is 0 Å². The average Bonchev–Trinajstić information content (AvgIpc) is 2.67. The van der Waals surface area contributed by atoms with Crippen LogP contribution in [0.4, 0.5) is 0 Å². The molecule has 0 aromatic heterocycles. The van der Waals surface area contributed by atoms with Gasteiger partial charge in [0.15, 0.2) is 11.6 Å². The fourth-order valence-electron chi connectivity index (χ4n) is 3.76. The third-order valence-corrected chi connectivity index (χ3v) is 5.34. The summed E-state index contributed by atoms with van der Waals surface area (Å²) in [5.41, 5.74) is 3.19. The summed E-state index contributed by atoms with van der Waals surface area (Å²) in [5, 5.41) is 0. The van der Waals surface area contributed by atoms with Crippen molar-refractivity contribution in [2.24, 2.45) is 5.92 Å². The van der Waals surface area contributed by atoms with Gasteiger partial charge in [-0.1, -0.05) is 55.0 Å². The lowest BCUT2D eigenvalue weighted by atomic mass is 9.86. The van der Waals surface area contributed by atoms with Crippen molar-refractivity contribution in [3.05, 3.63) is 70.8 Å². The first-order valence-electron chi connectivity index (χ1n) is 9.50. The number of Topliss-reactive ketones (excluding diaryl/α,β-unsaturated/α-hetero) is 2. The van der Waals surface area contributed by atoms with Gasteiger partial charge in [0.25, 0.3) is 0 Å². The van der Waals surface area contributed by atoms with Gasteiger partial charge >= 0.3 is 0 Å². The van der Waals surface area contributed by atoms with E-state index in [9.17, 15) is 9.59 Å². The van der Waals surface area contributed by atoms with Crippen LogP contribution >= 0.6 is 0 Å². The van der Waals surface area contributed by atoms with Crippen LogP contribution in [-0.4, -0.2) is 36.1 Å². The topological polar surface area (TPSA) is 37.4 Å². The zero-order valence-corrected chi connectivity index (χ0v) is 15.7. The molecule has 2 aromatic rings. The van der Waals surface area contributed by atoms with Gasteiger partial charge in [-0.3, -0.25) is 9.59 Å². The second-order valence-corrected chi connectivity index (χ2v) is 7.27. The molecule has 0 spiro atoms. The highest BCUT2D eigenvalue weighted by atomic mass is 16.2. The first-order valence-corrected chi connectivity index (χ1v) is 9.50. The van der Waals surface area contributed by atoms with Crippen LogP contribution in [0.1, 0.15) is 51.1 Å². The molecule has 0 aliphatic carbocycles. The molecule has 3 rings (SSSR count). The smallest absolute Gasteiger partial charge is 0.175 e. The summed E-state index contributed by atoms with van der Waals surface area (Å²) in [6.45, 7) is 6.32. The Kier molecular flexibility index (Phi) is 6.00. The van der Waals surface area contributed by atoms with E-state index in [-0.39, 0.29) is 11.6 Å². The predicted molar refractivity (Wildman–Crippen MR) is 105 cm³/mol. The summed E-state index contributed by atoms with van der Waals surface area (Å²) in [5.74, 6) is -0.751. The fourth-order valence-corrected chi connectivity index (χ4v) is 3.76. The average molecular weight is 349 g/mol. The molecule has 1 aliphatic heterocycles.